The molecular formula is C21H22N2O4. The molecule has 1 N–H and O–H groups in total. The van der Waals surface area contributed by atoms with Crippen molar-refractivity contribution in [1.82, 2.24) is 4.90 Å². The Bertz CT molecular complexity index is 1010. The molecule has 1 amide bonds. The Morgan fingerprint density at radius 1 is 1.11 bits per heavy atom. The van der Waals surface area contributed by atoms with Gasteiger partial charge in [-0.2, -0.15) is 0 Å². The number of methoxy groups -OCH3 is 1. The van der Waals surface area contributed by atoms with E-state index in [-0.39, 0.29) is 5.91 Å². The average molecular weight is 366 g/mol. The molecule has 27 heavy (non-hydrogen) atoms. The van der Waals surface area contributed by atoms with Crippen LogP contribution in [0.15, 0.2) is 57.7 Å². The Balaban J connectivity index is 1.82. The molecular weight excluding hydrogens is 344 g/mol. The quantitative estimate of drug-likeness (QED) is 0.677. The first kappa shape index (κ1) is 18.7. The maximum absolute atomic E-state index is 12.0. The summed E-state index contributed by atoms with van der Waals surface area (Å²) in [6.07, 6.45) is 0. The molecule has 2 aromatic carbocycles. The van der Waals surface area contributed by atoms with Crippen molar-refractivity contribution in [2.24, 2.45) is 0 Å². The number of carbonyl (C=O) groups is 1. The van der Waals surface area contributed by atoms with Crippen LogP contribution in [-0.2, 0) is 17.9 Å². The molecule has 0 bridgehead atoms. The molecule has 140 valence electrons. The van der Waals surface area contributed by atoms with Gasteiger partial charge in [0, 0.05) is 43.2 Å². The monoisotopic (exact) mass is 366 g/mol. The number of nitrogens with zero attached hydrogens (tertiary/aromatic N) is 1. The van der Waals surface area contributed by atoms with E-state index >= 15 is 0 Å². The zero-order chi connectivity index (χ0) is 19.4. The van der Waals surface area contributed by atoms with Crippen molar-refractivity contribution in [1.29, 1.82) is 0 Å². The van der Waals surface area contributed by atoms with Crippen LogP contribution >= 0.6 is 0 Å². The number of nitrogens with one attached hydrogen (secondary N) is 1. The van der Waals surface area contributed by atoms with Crippen molar-refractivity contribution >= 4 is 22.6 Å². The molecule has 3 aromatic rings. The molecule has 0 unspecified atom stereocenters. The van der Waals surface area contributed by atoms with Crippen molar-refractivity contribution in [2.75, 3.05) is 19.5 Å². The molecule has 0 aliphatic rings. The van der Waals surface area contributed by atoms with Gasteiger partial charge in [0.25, 0.3) is 0 Å². The number of fused-ring (bicyclic) bond motifs is 1. The lowest BCUT2D eigenvalue weighted by atomic mass is 10.1. The summed E-state index contributed by atoms with van der Waals surface area (Å²) in [6.45, 7) is 2.76. The molecule has 0 saturated carbocycles. The molecule has 0 aliphatic carbocycles. The highest BCUT2D eigenvalue weighted by Gasteiger charge is 2.10. The standard InChI is InChI=1S/C21H22N2O4/c1-14(24)22-17-6-9-19-16(10-21(25)27-20(19)11-17)13-23(2)12-15-4-7-18(26-3)8-5-15/h4-11H,12-13H2,1-3H3,(H,22,24). The van der Waals surface area contributed by atoms with E-state index in [1.165, 1.54) is 13.0 Å². The summed E-state index contributed by atoms with van der Waals surface area (Å²) in [5.74, 6) is 0.648. The second kappa shape index (κ2) is 8.05. The number of hydrogen-bond donors (Lipinski definition) is 1. The van der Waals surface area contributed by atoms with Gasteiger partial charge in [-0.25, -0.2) is 4.79 Å². The summed E-state index contributed by atoms with van der Waals surface area (Å²) >= 11 is 0. The maximum Gasteiger partial charge on any atom is 0.336 e. The Labute approximate surface area is 157 Å². The van der Waals surface area contributed by atoms with E-state index in [1.807, 2.05) is 37.4 Å². The molecule has 0 fully saturated rings. The average Bonchev–Trinajstić information content (AvgIpc) is 2.61. The molecule has 6 nitrogen and oxygen atoms in total. The van der Waals surface area contributed by atoms with Crippen LogP contribution in [0.3, 0.4) is 0 Å². The van der Waals surface area contributed by atoms with Gasteiger partial charge in [-0.15, -0.1) is 0 Å². The fourth-order valence-corrected chi connectivity index (χ4v) is 3.03. The van der Waals surface area contributed by atoms with Gasteiger partial charge >= 0.3 is 5.63 Å². The van der Waals surface area contributed by atoms with E-state index in [4.69, 9.17) is 9.15 Å². The van der Waals surface area contributed by atoms with Crippen molar-refractivity contribution < 1.29 is 13.9 Å². The fourth-order valence-electron chi connectivity index (χ4n) is 3.03. The van der Waals surface area contributed by atoms with E-state index in [9.17, 15) is 9.59 Å². The Morgan fingerprint density at radius 3 is 2.52 bits per heavy atom. The van der Waals surface area contributed by atoms with Crippen LogP contribution in [0.4, 0.5) is 5.69 Å². The van der Waals surface area contributed by atoms with Crippen molar-refractivity contribution in [2.45, 2.75) is 20.0 Å². The Kier molecular flexibility index (Phi) is 5.57. The summed E-state index contributed by atoms with van der Waals surface area (Å²) in [4.78, 5) is 25.3. The maximum atomic E-state index is 12.0. The zero-order valence-electron chi connectivity index (χ0n) is 15.6. The minimum Gasteiger partial charge on any atom is -0.497 e. The summed E-state index contributed by atoms with van der Waals surface area (Å²) in [7, 11) is 3.64. The van der Waals surface area contributed by atoms with Gasteiger partial charge in [0.05, 0.1) is 7.11 Å². The van der Waals surface area contributed by atoms with Gasteiger partial charge in [-0.1, -0.05) is 12.1 Å². The van der Waals surface area contributed by atoms with Gasteiger partial charge in [-0.3, -0.25) is 9.69 Å². The SMILES string of the molecule is COc1ccc(CN(C)Cc2cc(=O)oc3cc(NC(C)=O)ccc23)cc1. The van der Waals surface area contributed by atoms with Gasteiger partial charge in [0.1, 0.15) is 11.3 Å². The molecule has 3 rings (SSSR count). The summed E-state index contributed by atoms with van der Waals surface area (Å²) < 4.78 is 10.5. The lowest BCUT2D eigenvalue weighted by Gasteiger charge is -2.18. The van der Waals surface area contributed by atoms with Gasteiger partial charge < -0.3 is 14.5 Å². The minimum absolute atomic E-state index is 0.174. The molecule has 0 radical (unpaired) electrons. The van der Waals surface area contributed by atoms with E-state index in [1.54, 1.807) is 19.2 Å². The number of hydrogen-bond acceptors (Lipinski definition) is 5. The van der Waals surface area contributed by atoms with E-state index in [0.29, 0.717) is 17.8 Å². The zero-order valence-corrected chi connectivity index (χ0v) is 15.6. The number of ether oxygens (including phenoxy) is 1. The molecule has 0 atom stereocenters. The predicted octanol–water partition coefficient (Wildman–Crippen LogP) is 3.39. The van der Waals surface area contributed by atoms with Crippen LogP contribution in [0.1, 0.15) is 18.1 Å². The lowest BCUT2D eigenvalue weighted by Crippen LogP contribution is -2.18. The first-order valence-electron chi connectivity index (χ1n) is 8.60. The third-order valence-electron chi connectivity index (χ3n) is 4.20. The van der Waals surface area contributed by atoms with Crippen LogP contribution in [0.25, 0.3) is 11.0 Å². The van der Waals surface area contributed by atoms with Crippen molar-refractivity contribution in [3.8, 4) is 5.75 Å². The summed E-state index contributed by atoms with van der Waals surface area (Å²) in [5, 5.41) is 3.55. The molecule has 1 aromatic heterocycles. The summed E-state index contributed by atoms with van der Waals surface area (Å²) in [6, 6.07) is 14.8. The Hall–Kier alpha value is -3.12. The summed E-state index contributed by atoms with van der Waals surface area (Å²) in [5.41, 5.74) is 2.68. The van der Waals surface area contributed by atoms with Gasteiger partial charge in [0.2, 0.25) is 5.91 Å². The van der Waals surface area contributed by atoms with Crippen LogP contribution in [0.2, 0.25) is 0 Å². The second-order valence-electron chi connectivity index (χ2n) is 6.50. The molecule has 0 spiro atoms. The highest BCUT2D eigenvalue weighted by atomic mass is 16.5. The van der Waals surface area contributed by atoms with Crippen LogP contribution < -0.4 is 15.7 Å². The van der Waals surface area contributed by atoms with Crippen molar-refractivity contribution in [3.05, 3.63) is 70.1 Å². The normalized spacial score (nSPS) is 11.0. The Morgan fingerprint density at radius 2 is 1.85 bits per heavy atom. The van der Waals surface area contributed by atoms with Gasteiger partial charge in [-0.05, 0) is 42.4 Å². The second-order valence-corrected chi connectivity index (χ2v) is 6.50. The van der Waals surface area contributed by atoms with Gasteiger partial charge in [0.15, 0.2) is 0 Å². The number of anilines is 1. The first-order valence-corrected chi connectivity index (χ1v) is 8.60. The third-order valence-corrected chi connectivity index (χ3v) is 4.20. The third kappa shape index (κ3) is 4.74. The molecule has 0 saturated heterocycles. The molecule has 6 heteroatoms. The van der Waals surface area contributed by atoms with Crippen LogP contribution in [0.5, 0.6) is 5.75 Å². The molecule has 0 aliphatic heterocycles. The highest BCUT2D eigenvalue weighted by Crippen LogP contribution is 2.23. The van der Waals surface area contributed by atoms with Crippen LogP contribution in [0, 0.1) is 0 Å². The fraction of sp³-hybridized carbons (Fsp3) is 0.238. The lowest BCUT2D eigenvalue weighted by molar-refractivity contribution is -0.114. The molecule has 1 heterocycles. The van der Waals surface area contributed by atoms with Crippen molar-refractivity contribution in [3.63, 3.8) is 0 Å². The number of rotatable bonds is 6. The smallest absolute Gasteiger partial charge is 0.336 e. The van der Waals surface area contributed by atoms with E-state index < -0.39 is 5.63 Å². The van der Waals surface area contributed by atoms with Crippen LogP contribution in [-0.4, -0.2) is 25.0 Å². The number of benzene rings is 2. The topological polar surface area (TPSA) is 71.8 Å². The van der Waals surface area contributed by atoms with E-state index in [2.05, 4.69) is 10.2 Å². The highest BCUT2D eigenvalue weighted by molar-refractivity contribution is 5.92. The minimum atomic E-state index is -0.407. The first-order chi connectivity index (χ1) is 12.9. The largest absolute Gasteiger partial charge is 0.497 e. The number of amides is 1. The predicted molar refractivity (Wildman–Crippen MR) is 105 cm³/mol. The number of carbonyl (C=O) groups excluding carboxylic acids is 1. The van der Waals surface area contributed by atoms with E-state index in [0.717, 1.165) is 28.8 Å².